The van der Waals surface area contributed by atoms with Gasteiger partial charge in [-0.1, -0.05) is 23.4 Å². The summed E-state index contributed by atoms with van der Waals surface area (Å²) in [5.41, 5.74) is 0.0585. The summed E-state index contributed by atoms with van der Waals surface area (Å²) < 4.78 is 25.6. The van der Waals surface area contributed by atoms with Crippen LogP contribution in [-0.4, -0.2) is 0 Å². The van der Waals surface area contributed by atoms with E-state index in [1.54, 1.807) is 0 Å². The van der Waals surface area contributed by atoms with Crippen molar-refractivity contribution < 1.29 is 8.78 Å². The Labute approximate surface area is 73.4 Å². The van der Waals surface area contributed by atoms with Gasteiger partial charge in [0.25, 0.3) is 0 Å². The van der Waals surface area contributed by atoms with Crippen LogP contribution in [0.25, 0.3) is 0 Å². The lowest BCUT2D eigenvalue weighted by atomic mass is 10.2. The lowest BCUT2D eigenvalue weighted by molar-refractivity contribution is 0.566. The van der Waals surface area contributed by atoms with E-state index in [4.69, 9.17) is 0 Å². The molecule has 0 saturated heterocycles. The molecule has 1 aromatic carbocycles. The number of hydrogen-bond acceptors (Lipinski definition) is 0. The Morgan fingerprint density at radius 2 is 1.55 bits per heavy atom. The summed E-state index contributed by atoms with van der Waals surface area (Å²) >= 11 is 2.97. The highest BCUT2D eigenvalue weighted by molar-refractivity contribution is 9.10. The molecule has 0 heterocycles. The highest BCUT2D eigenvalue weighted by Crippen LogP contribution is 2.17. The normalized spacial score (nSPS) is 9.09. The second kappa shape index (κ2) is 3.81. The Morgan fingerprint density at radius 1 is 1.18 bits per heavy atom. The molecule has 1 aromatic rings. The van der Waals surface area contributed by atoms with Crippen molar-refractivity contribution in [2.24, 2.45) is 0 Å². The Hall–Kier alpha value is -0.440. The number of halogens is 3. The van der Waals surface area contributed by atoms with E-state index < -0.39 is 11.6 Å². The SMILES string of the molecule is C.Cc1c(F)cc(Br)cc1F. The van der Waals surface area contributed by atoms with Gasteiger partial charge in [0, 0.05) is 10.0 Å². The average Bonchev–Trinajstić information content (AvgIpc) is 1.82. The van der Waals surface area contributed by atoms with Crippen molar-refractivity contribution >= 4 is 15.9 Å². The van der Waals surface area contributed by atoms with Crippen LogP contribution in [0.2, 0.25) is 0 Å². The van der Waals surface area contributed by atoms with E-state index in [0.717, 1.165) is 0 Å². The summed E-state index contributed by atoms with van der Waals surface area (Å²) in [5.74, 6) is -1.04. The van der Waals surface area contributed by atoms with Crippen LogP contribution in [0, 0.1) is 18.6 Å². The predicted molar refractivity (Wildman–Crippen MR) is 45.5 cm³/mol. The van der Waals surface area contributed by atoms with Gasteiger partial charge in [-0.05, 0) is 19.1 Å². The van der Waals surface area contributed by atoms with E-state index in [1.807, 2.05) is 0 Å². The fourth-order valence-corrected chi connectivity index (χ4v) is 1.02. The van der Waals surface area contributed by atoms with Gasteiger partial charge in [-0.3, -0.25) is 0 Å². The molecule has 0 aliphatic heterocycles. The van der Waals surface area contributed by atoms with Crippen molar-refractivity contribution in [3.63, 3.8) is 0 Å². The van der Waals surface area contributed by atoms with Gasteiger partial charge in [-0.15, -0.1) is 0 Å². The fourth-order valence-electron chi connectivity index (χ4n) is 0.614. The molecule has 0 amide bonds. The quantitative estimate of drug-likeness (QED) is 0.629. The minimum Gasteiger partial charge on any atom is -0.207 e. The van der Waals surface area contributed by atoms with Crippen molar-refractivity contribution in [2.45, 2.75) is 14.4 Å². The second-order valence-corrected chi connectivity index (χ2v) is 2.91. The maximum absolute atomic E-state index is 12.6. The summed E-state index contributed by atoms with van der Waals surface area (Å²) in [6.45, 7) is 1.40. The van der Waals surface area contributed by atoms with Crippen molar-refractivity contribution in [2.75, 3.05) is 0 Å². The van der Waals surface area contributed by atoms with Crippen LogP contribution in [0.1, 0.15) is 13.0 Å². The van der Waals surface area contributed by atoms with Gasteiger partial charge in [0.2, 0.25) is 0 Å². The van der Waals surface area contributed by atoms with Gasteiger partial charge in [-0.25, -0.2) is 8.78 Å². The summed E-state index contributed by atoms with van der Waals surface area (Å²) in [4.78, 5) is 0. The van der Waals surface area contributed by atoms with Crippen molar-refractivity contribution in [3.8, 4) is 0 Å². The molecule has 0 saturated carbocycles. The molecule has 0 aliphatic carbocycles. The first-order valence-corrected chi connectivity index (χ1v) is 3.51. The summed E-state index contributed by atoms with van der Waals surface area (Å²) in [6.07, 6.45) is 0. The molecular weight excluding hydrogens is 214 g/mol. The summed E-state index contributed by atoms with van der Waals surface area (Å²) in [6, 6.07) is 2.47. The maximum Gasteiger partial charge on any atom is 0.130 e. The van der Waals surface area contributed by atoms with E-state index in [0.29, 0.717) is 4.47 Å². The van der Waals surface area contributed by atoms with Crippen LogP contribution in [0.15, 0.2) is 16.6 Å². The van der Waals surface area contributed by atoms with E-state index in [-0.39, 0.29) is 13.0 Å². The third-order valence-corrected chi connectivity index (χ3v) is 1.70. The number of rotatable bonds is 0. The molecule has 11 heavy (non-hydrogen) atoms. The molecule has 0 aromatic heterocycles. The molecular formula is C8H9BrF2. The van der Waals surface area contributed by atoms with Crippen LogP contribution >= 0.6 is 15.9 Å². The molecule has 0 aliphatic rings. The Kier molecular flexibility index (Phi) is 3.66. The minimum atomic E-state index is -0.521. The fraction of sp³-hybridized carbons (Fsp3) is 0.250. The van der Waals surface area contributed by atoms with E-state index in [1.165, 1.54) is 19.1 Å². The van der Waals surface area contributed by atoms with E-state index >= 15 is 0 Å². The first-order valence-electron chi connectivity index (χ1n) is 2.72. The minimum absolute atomic E-state index is 0. The smallest absolute Gasteiger partial charge is 0.130 e. The van der Waals surface area contributed by atoms with Crippen molar-refractivity contribution in [1.82, 2.24) is 0 Å². The zero-order valence-corrected chi connectivity index (χ0v) is 6.87. The van der Waals surface area contributed by atoms with Crippen LogP contribution in [0.5, 0.6) is 0 Å². The third-order valence-electron chi connectivity index (χ3n) is 1.25. The summed E-state index contributed by atoms with van der Waals surface area (Å²) in [5, 5.41) is 0. The van der Waals surface area contributed by atoms with E-state index in [9.17, 15) is 8.78 Å². The zero-order chi connectivity index (χ0) is 7.72. The number of hydrogen-bond donors (Lipinski definition) is 0. The Balaban J connectivity index is 0.000001000. The average molecular weight is 223 g/mol. The van der Waals surface area contributed by atoms with Gasteiger partial charge in [0.15, 0.2) is 0 Å². The van der Waals surface area contributed by atoms with Crippen LogP contribution in [-0.2, 0) is 0 Å². The monoisotopic (exact) mass is 222 g/mol. The number of benzene rings is 1. The second-order valence-electron chi connectivity index (χ2n) is 1.99. The highest BCUT2D eigenvalue weighted by atomic mass is 79.9. The lowest BCUT2D eigenvalue weighted by Gasteiger charge is -1.97. The molecule has 1 rings (SSSR count). The zero-order valence-electron chi connectivity index (χ0n) is 5.29. The Bertz CT molecular complexity index is 235. The molecule has 62 valence electrons. The van der Waals surface area contributed by atoms with Gasteiger partial charge in [0.05, 0.1) is 0 Å². The molecule has 3 heteroatoms. The molecule has 0 nitrogen and oxygen atoms in total. The molecule has 0 radical (unpaired) electrons. The third kappa shape index (κ3) is 2.26. The van der Waals surface area contributed by atoms with Crippen LogP contribution in [0.3, 0.4) is 0 Å². The largest absolute Gasteiger partial charge is 0.207 e. The maximum atomic E-state index is 12.6. The Morgan fingerprint density at radius 3 is 1.91 bits per heavy atom. The van der Waals surface area contributed by atoms with Crippen molar-refractivity contribution in [1.29, 1.82) is 0 Å². The van der Waals surface area contributed by atoms with Gasteiger partial charge >= 0.3 is 0 Å². The molecule has 0 spiro atoms. The van der Waals surface area contributed by atoms with Crippen LogP contribution in [0.4, 0.5) is 8.78 Å². The van der Waals surface area contributed by atoms with E-state index in [2.05, 4.69) is 15.9 Å². The molecule has 0 bridgehead atoms. The standard InChI is InChI=1S/C7H5BrF2.CH4/c1-4-6(9)2-5(8)3-7(4)10;/h2-3H,1H3;1H4. The highest BCUT2D eigenvalue weighted by Gasteiger charge is 2.03. The first kappa shape index (κ1) is 10.6. The van der Waals surface area contributed by atoms with Gasteiger partial charge < -0.3 is 0 Å². The van der Waals surface area contributed by atoms with Crippen molar-refractivity contribution in [3.05, 3.63) is 33.8 Å². The molecule has 0 fully saturated rings. The molecule has 0 N–H and O–H groups in total. The lowest BCUT2D eigenvalue weighted by Crippen LogP contribution is -1.87. The first-order chi connectivity index (χ1) is 4.61. The molecule has 0 unspecified atom stereocenters. The van der Waals surface area contributed by atoms with Gasteiger partial charge in [0.1, 0.15) is 11.6 Å². The van der Waals surface area contributed by atoms with Crippen LogP contribution < -0.4 is 0 Å². The van der Waals surface area contributed by atoms with Gasteiger partial charge in [-0.2, -0.15) is 0 Å². The predicted octanol–water partition coefficient (Wildman–Crippen LogP) is 3.67. The molecule has 0 atom stereocenters. The topological polar surface area (TPSA) is 0 Å². The summed E-state index contributed by atoms with van der Waals surface area (Å²) in [7, 11) is 0.